The number of nitrogens with zero attached hydrogens (tertiary/aromatic N) is 3. The monoisotopic (exact) mass is 305 g/mol. The summed E-state index contributed by atoms with van der Waals surface area (Å²) in [5.41, 5.74) is 5.95. The standard InChI is InChI=1S/C16H27N5O/c1-16(2,17)15(22)19-14-6-5-13(11-18-14)21-9-7-12(8-10-21)20(3)4/h5-6,11-12H,7-10,17H2,1-4H3,(H,18,19,22). The first-order chi connectivity index (χ1) is 10.3. The van der Waals surface area contributed by atoms with Crippen LogP contribution in [0.5, 0.6) is 0 Å². The van der Waals surface area contributed by atoms with Gasteiger partial charge in [-0.2, -0.15) is 0 Å². The molecule has 0 spiro atoms. The first kappa shape index (κ1) is 16.7. The van der Waals surface area contributed by atoms with Crippen molar-refractivity contribution in [2.24, 2.45) is 5.73 Å². The summed E-state index contributed by atoms with van der Waals surface area (Å²) < 4.78 is 0. The average Bonchev–Trinajstić information content (AvgIpc) is 2.47. The van der Waals surface area contributed by atoms with Gasteiger partial charge in [0.05, 0.1) is 17.4 Å². The highest BCUT2D eigenvalue weighted by Crippen LogP contribution is 2.22. The zero-order valence-electron chi connectivity index (χ0n) is 14.0. The highest BCUT2D eigenvalue weighted by Gasteiger charge is 2.23. The third kappa shape index (κ3) is 4.18. The fourth-order valence-corrected chi connectivity index (χ4v) is 2.56. The molecule has 1 amide bonds. The molecule has 1 aromatic rings. The van der Waals surface area contributed by atoms with E-state index in [9.17, 15) is 4.79 Å². The molecule has 3 N–H and O–H groups in total. The minimum atomic E-state index is -0.908. The first-order valence-corrected chi connectivity index (χ1v) is 7.75. The summed E-state index contributed by atoms with van der Waals surface area (Å²) in [5, 5.41) is 2.73. The van der Waals surface area contributed by atoms with Crippen molar-refractivity contribution in [2.45, 2.75) is 38.3 Å². The Morgan fingerprint density at radius 2 is 2.00 bits per heavy atom. The summed E-state index contributed by atoms with van der Waals surface area (Å²) in [5.74, 6) is 0.301. The number of carbonyl (C=O) groups is 1. The van der Waals surface area contributed by atoms with Crippen LogP contribution in [0.15, 0.2) is 18.3 Å². The molecule has 0 aliphatic carbocycles. The van der Waals surface area contributed by atoms with Crippen LogP contribution >= 0.6 is 0 Å². The third-order valence-corrected chi connectivity index (χ3v) is 4.13. The van der Waals surface area contributed by atoms with Crippen molar-refractivity contribution in [3.63, 3.8) is 0 Å². The molecule has 1 aliphatic rings. The van der Waals surface area contributed by atoms with Crippen LogP contribution in [0.3, 0.4) is 0 Å². The normalized spacial score (nSPS) is 16.9. The predicted molar refractivity (Wildman–Crippen MR) is 90.1 cm³/mol. The van der Waals surface area contributed by atoms with Gasteiger partial charge in [-0.15, -0.1) is 0 Å². The van der Waals surface area contributed by atoms with Crippen molar-refractivity contribution in [1.29, 1.82) is 0 Å². The molecule has 1 aliphatic heterocycles. The smallest absolute Gasteiger partial charge is 0.245 e. The highest BCUT2D eigenvalue weighted by atomic mass is 16.2. The SMILES string of the molecule is CN(C)C1CCN(c2ccc(NC(=O)C(C)(C)N)nc2)CC1. The number of aromatic nitrogens is 1. The maximum Gasteiger partial charge on any atom is 0.245 e. The lowest BCUT2D eigenvalue weighted by molar-refractivity contribution is -0.120. The van der Waals surface area contributed by atoms with E-state index in [0.717, 1.165) is 31.6 Å². The van der Waals surface area contributed by atoms with Gasteiger partial charge in [-0.3, -0.25) is 4.79 Å². The van der Waals surface area contributed by atoms with Gasteiger partial charge in [0.2, 0.25) is 5.91 Å². The number of hydrogen-bond donors (Lipinski definition) is 2. The van der Waals surface area contributed by atoms with Crippen molar-refractivity contribution in [1.82, 2.24) is 9.88 Å². The van der Waals surface area contributed by atoms with E-state index in [1.807, 2.05) is 18.3 Å². The second kappa shape index (κ2) is 6.62. The molecule has 0 unspecified atom stereocenters. The van der Waals surface area contributed by atoms with Crippen molar-refractivity contribution >= 4 is 17.4 Å². The third-order valence-electron chi connectivity index (χ3n) is 4.13. The van der Waals surface area contributed by atoms with Crippen LogP contribution in [0.1, 0.15) is 26.7 Å². The van der Waals surface area contributed by atoms with Gasteiger partial charge in [-0.05, 0) is 52.9 Å². The molecule has 1 saturated heterocycles. The molecular weight excluding hydrogens is 278 g/mol. The van der Waals surface area contributed by atoms with E-state index in [1.165, 1.54) is 0 Å². The Bertz CT molecular complexity index is 498. The second-order valence-corrected chi connectivity index (χ2v) is 6.76. The molecule has 2 rings (SSSR count). The fraction of sp³-hybridized carbons (Fsp3) is 0.625. The van der Waals surface area contributed by atoms with Gasteiger partial charge in [0.1, 0.15) is 5.82 Å². The highest BCUT2D eigenvalue weighted by molar-refractivity contribution is 5.96. The molecule has 0 saturated carbocycles. The van der Waals surface area contributed by atoms with E-state index in [2.05, 4.69) is 34.2 Å². The van der Waals surface area contributed by atoms with Crippen molar-refractivity contribution in [2.75, 3.05) is 37.4 Å². The van der Waals surface area contributed by atoms with E-state index in [0.29, 0.717) is 11.9 Å². The average molecular weight is 305 g/mol. The second-order valence-electron chi connectivity index (χ2n) is 6.76. The summed E-state index contributed by atoms with van der Waals surface area (Å²) >= 11 is 0. The molecule has 122 valence electrons. The summed E-state index contributed by atoms with van der Waals surface area (Å²) in [6.45, 7) is 5.41. The topological polar surface area (TPSA) is 74.5 Å². The molecule has 0 aromatic carbocycles. The predicted octanol–water partition coefficient (Wildman–Crippen LogP) is 1.29. The van der Waals surface area contributed by atoms with Gasteiger partial charge < -0.3 is 20.9 Å². The molecule has 6 nitrogen and oxygen atoms in total. The van der Waals surface area contributed by atoms with E-state index < -0.39 is 5.54 Å². The molecule has 0 atom stereocenters. The summed E-state index contributed by atoms with van der Waals surface area (Å²) in [6.07, 6.45) is 4.13. The maximum absolute atomic E-state index is 11.8. The van der Waals surface area contributed by atoms with Crippen LogP contribution in [0.2, 0.25) is 0 Å². The molecular formula is C16H27N5O. The van der Waals surface area contributed by atoms with E-state index in [-0.39, 0.29) is 5.91 Å². The Morgan fingerprint density at radius 3 is 2.45 bits per heavy atom. The lowest BCUT2D eigenvalue weighted by atomic mass is 10.0. The van der Waals surface area contributed by atoms with Crippen LogP contribution in [-0.4, -0.2) is 54.6 Å². The quantitative estimate of drug-likeness (QED) is 0.877. The first-order valence-electron chi connectivity index (χ1n) is 7.75. The van der Waals surface area contributed by atoms with Crippen molar-refractivity contribution in [3.8, 4) is 0 Å². The largest absolute Gasteiger partial charge is 0.370 e. The van der Waals surface area contributed by atoms with Gasteiger partial charge in [0.15, 0.2) is 0 Å². The number of rotatable bonds is 4. The van der Waals surface area contributed by atoms with Crippen LogP contribution < -0.4 is 16.0 Å². The summed E-state index contributed by atoms with van der Waals surface area (Å²) in [7, 11) is 4.27. The number of nitrogens with one attached hydrogen (secondary N) is 1. The van der Waals surface area contributed by atoms with Crippen LogP contribution in [0.25, 0.3) is 0 Å². The molecule has 1 aromatic heterocycles. The molecule has 2 heterocycles. The molecule has 6 heteroatoms. The molecule has 0 radical (unpaired) electrons. The van der Waals surface area contributed by atoms with Crippen LogP contribution in [0.4, 0.5) is 11.5 Å². The Morgan fingerprint density at radius 1 is 1.36 bits per heavy atom. The van der Waals surface area contributed by atoms with Crippen LogP contribution in [0, 0.1) is 0 Å². The maximum atomic E-state index is 11.8. The zero-order valence-corrected chi connectivity index (χ0v) is 14.0. The Labute approximate surface area is 132 Å². The van der Waals surface area contributed by atoms with E-state index in [1.54, 1.807) is 13.8 Å². The van der Waals surface area contributed by atoms with E-state index in [4.69, 9.17) is 5.73 Å². The number of nitrogens with two attached hydrogens (primary N) is 1. The van der Waals surface area contributed by atoms with Crippen LogP contribution in [-0.2, 0) is 4.79 Å². The molecule has 0 bridgehead atoms. The van der Waals surface area contributed by atoms with Gasteiger partial charge >= 0.3 is 0 Å². The number of carbonyl (C=O) groups excluding carboxylic acids is 1. The van der Waals surface area contributed by atoms with Gasteiger partial charge in [-0.1, -0.05) is 0 Å². The number of anilines is 2. The minimum absolute atomic E-state index is 0.237. The zero-order chi connectivity index (χ0) is 16.3. The van der Waals surface area contributed by atoms with Crippen molar-refractivity contribution < 1.29 is 4.79 Å². The van der Waals surface area contributed by atoms with E-state index >= 15 is 0 Å². The van der Waals surface area contributed by atoms with Gasteiger partial charge in [-0.25, -0.2) is 4.98 Å². The van der Waals surface area contributed by atoms with Gasteiger partial charge in [0, 0.05) is 19.1 Å². The Kier molecular flexibility index (Phi) is 5.03. The Balaban J connectivity index is 1.94. The minimum Gasteiger partial charge on any atom is -0.370 e. The lowest BCUT2D eigenvalue weighted by Crippen LogP contribution is -2.45. The molecule has 1 fully saturated rings. The number of amides is 1. The number of pyridine rings is 1. The number of piperidine rings is 1. The Hall–Kier alpha value is -1.66. The van der Waals surface area contributed by atoms with Crippen molar-refractivity contribution in [3.05, 3.63) is 18.3 Å². The van der Waals surface area contributed by atoms with Gasteiger partial charge in [0.25, 0.3) is 0 Å². The summed E-state index contributed by atoms with van der Waals surface area (Å²) in [4.78, 5) is 20.8. The lowest BCUT2D eigenvalue weighted by Gasteiger charge is -2.36. The number of hydrogen-bond acceptors (Lipinski definition) is 5. The summed E-state index contributed by atoms with van der Waals surface area (Å²) in [6, 6.07) is 4.49. The fourth-order valence-electron chi connectivity index (χ4n) is 2.56. The molecule has 22 heavy (non-hydrogen) atoms.